The van der Waals surface area contributed by atoms with Crippen molar-refractivity contribution < 1.29 is 9.18 Å². The van der Waals surface area contributed by atoms with Gasteiger partial charge < -0.3 is 5.32 Å². The third kappa shape index (κ3) is 3.76. The molecule has 4 fully saturated rings. The first-order valence-corrected chi connectivity index (χ1v) is 12.0. The summed E-state index contributed by atoms with van der Waals surface area (Å²) in [4.78, 5) is 13.3. The number of nitrogens with zero attached hydrogens (tertiary/aromatic N) is 2. The van der Waals surface area contributed by atoms with E-state index in [2.05, 4.69) is 12.2 Å². The van der Waals surface area contributed by atoms with Crippen molar-refractivity contribution in [3.8, 4) is 0 Å². The van der Waals surface area contributed by atoms with Crippen molar-refractivity contribution in [3.05, 3.63) is 35.6 Å². The van der Waals surface area contributed by atoms with Crippen molar-refractivity contribution in [2.75, 3.05) is 6.54 Å². The number of carbonyl (C=O) groups excluding carboxylic acids is 1. The SMILES string of the molecule is CCCCCN1N=C(C(=O)NC23CC4CC(CC(C4)C2)C3)CC1c1ccccc1F. The topological polar surface area (TPSA) is 44.7 Å². The molecule has 4 aliphatic carbocycles. The molecule has 4 nitrogen and oxygen atoms in total. The van der Waals surface area contributed by atoms with E-state index < -0.39 is 0 Å². The van der Waals surface area contributed by atoms with Crippen LogP contribution in [0.3, 0.4) is 0 Å². The van der Waals surface area contributed by atoms with Crippen LogP contribution in [0.15, 0.2) is 29.4 Å². The Bertz CT molecular complexity index is 800. The molecule has 1 aromatic rings. The van der Waals surface area contributed by atoms with Gasteiger partial charge in [-0.3, -0.25) is 9.80 Å². The first-order valence-electron chi connectivity index (χ1n) is 12.0. The van der Waals surface area contributed by atoms with Crippen LogP contribution in [0.2, 0.25) is 0 Å². The summed E-state index contributed by atoms with van der Waals surface area (Å²) in [5, 5.41) is 10.1. The van der Waals surface area contributed by atoms with Crippen molar-refractivity contribution in [2.45, 2.75) is 82.7 Å². The number of rotatable bonds is 7. The Morgan fingerprint density at radius 3 is 2.43 bits per heavy atom. The maximum atomic E-state index is 14.5. The first kappa shape index (κ1) is 20.0. The molecule has 162 valence electrons. The highest BCUT2D eigenvalue weighted by Gasteiger charge is 2.52. The average Bonchev–Trinajstić information content (AvgIpc) is 3.11. The summed E-state index contributed by atoms with van der Waals surface area (Å²) >= 11 is 0. The van der Waals surface area contributed by atoms with E-state index >= 15 is 0 Å². The molecule has 5 heteroatoms. The van der Waals surface area contributed by atoms with E-state index in [4.69, 9.17) is 5.10 Å². The second-order valence-electron chi connectivity index (χ2n) is 10.3. The number of benzene rings is 1. The van der Waals surface area contributed by atoms with Gasteiger partial charge >= 0.3 is 0 Å². The monoisotopic (exact) mass is 411 g/mol. The van der Waals surface area contributed by atoms with Gasteiger partial charge in [0.05, 0.1) is 6.04 Å². The van der Waals surface area contributed by atoms with Crippen LogP contribution >= 0.6 is 0 Å². The predicted octanol–water partition coefficient (Wildman–Crippen LogP) is 5.20. The van der Waals surface area contributed by atoms with Crippen LogP contribution in [0.5, 0.6) is 0 Å². The highest BCUT2D eigenvalue weighted by molar-refractivity contribution is 6.39. The van der Waals surface area contributed by atoms with E-state index in [-0.39, 0.29) is 23.3 Å². The van der Waals surface area contributed by atoms with Crippen molar-refractivity contribution in [3.63, 3.8) is 0 Å². The zero-order chi connectivity index (χ0) is 20.7. The van der Waals surface area contributed by atoms with Gasteiger partial charge in [0.15, 0.2) is 0 Å². The maximum absolute atomic E-state index is 14.5. The van der Waals surface area contributed by atoms with E-state index in [0.717, 1.165) is 62.8 Å². The molecule has 1 aliphatic heterocycles. The lowest BCUT2D eigenvalue weighted by Crippen LogP contribution is -2.60. The van der Waals surface area contributed by atoms with Gasteiger partial charge in [-0.05, 0) is 68.8 Å². The molecule has 0 aromatic heterocycles. The molecule has 1 amide bonds. The van der Waals surface area contributed by atoms with E-state index in [0.29, 0.717) is 17.7 Å². The molecule has 1 N–H and O–H groups in total. The van der Waals surface area contributed by atoms with Gasteiger partial charge in [-0.25, -0.2) is 4.39 Å². The lowest BCUT2D eigenvalue weighted by Gasteiger charge is -2.56. The molecule has 4 bridgehead atoms. The van der Waals surface area contributed by atoms with E-state index in [1.54, 1.807) is 6.07 Å². The van der Waals surface area contributed by atoms with Crippen molar-refractivity contribution in [1.82, 2.24) is 10.3 Å². The summed E-state index contributed by atoms with van der Waals surface area (Å²) in [7, 11) is 0. The third-order valence-corrected chi connectivity index (χ3v) is 7.93. The lowest BCUT2D eigenvalue weighted by molar-refractivity contribution is -0.120. The summed E-state index contributed by atoms with van der Waals surface area (Å²) in [5.74, 6) is 2.15. The molecule has 4 saturated carbocycles. The van der Waals surface area contributed by atoms with E-state index in [1.807, 2.05) is 17.1 Å². The largest absolute Gasteiger partial charge is 0.345 e. The molecule has 1 heterocycles. The van der Waals surface area contributed by atoms with E-state index in [1.165, 1.54) is 25.3 Å². The van der Waals surface area contributed by atoms with Crippen LogP contribution in [-0.4, -0.2) is 28.7 Å². The highest BCUT2D eigenvalue weighted by atomic mass is 19.1. The molecule has 6 rings (SSSR count). The van der Waals surface area contributed by atoms with Gasteiger partial charge in [0.2, 0.25) is 0 Å². The minimum Gasteiger partial charge on any atom is -0.345 e. The van der Waals surface area contributed by atoms with Gasteiger partial charge in [0, 0.05) is 24.1 Å². The van der Waals surface area contributed by atoms with Crippen LogP contribution < -0.4 is 5.32 Å². The fourth-order valence-electron chi connectivity index (χ4n) is 7.01. The highest BCUT2D eigenvalue weighted by Crippen LogP contribution is 2.55. The molecule has 0 spiro atoms. The third-order valence-electron chi connectivity index (χ3n) is 7.93. The normalized spacial score (nSPS) is 34.3. The first-order chi connectivity index (χ1) is 14.5. The van der Waals surface area contributed by atoms with Crippen LogP contribution in [0.4, 0.5) is 4.39 Å². The van der Waals surface area contributed by atoms with Gasteiger partial charge in [0.1, 0.15) is 11.5 Å². The number of carbonyl (C=O) groups is 1. The molecule has 1 unspecified atom stereocenters. The molecule has 30 heavy (non-hydrogen) atoms. The summed E-state index contributed by atoms with van der Waals surface area (Å²) in [6.07, 6.45) is 11.2. The van der Waals surface area contributed by atoms with Crippen molar-refractivity contribution in [2.24, 2.45) is 22.9 Å². The lowest BCUT2D eigenvalue weighted by atomic mass is 9.53. The Hall–Kier alpha value is -1.91. The summed E-state index contributed by atoms with van der Waals surface area (Å²) in [5.41, 5.74) is 1.21. The summed E-state index contributed by atoms with van der Waals surface area (Å²) in [6.45, 7) is 2.94. The minimum atomic E-state index is -0.207. The Morgan fingerprint density at radius 2 is 1.80 bits per heavy atom. The van der Waals surface area contributed by atoms with Crippen LogP contribution in [0, 0.1) is 23.6 Å². The minimum absolute atomic E-state index is 0.0164. The van der Waals surface area contributed by atoms with Crippen LogP contribution in [-0.2, 0) is 4.79 Å². The molecule has 0 saturated heterocycles. The Kier molecular flexibility index (Phi) is 5.32. The van der Waals surface area contributed by atoms with Gasteiger partial charge in [-0.15, -0.1) is 0 Å². The zero-order valence-electron chi connectivity index (χ0n) is 18.1. The van der Waals surface area contributed by atoms with Crippen LogP contribution in [0.1, 0.15) is 82.7 Å². The second-order valence-corrected chi connectivity index (χ2v) is 10.3. The van der Waals surface area contributed by atoms with Gasteiger partial charge in [-0.1, -0.05) is 38.0 Å². The molecule has 1 aromatic carbocycles. The Labute approximate surface area is 179 Å². The standard InChI is InChI=1S/C25H34FN3O/c1-2-3-6-9-29-23(20-7-4-5-8-21(20)26)13-22(28-29)24(30)27-25-14-17-10-18(15-25)12-19(11-17)16-25/h4-5,7-8,17-19,23H,2-3,6,9-16H2,1H3,(H,27,30). The van der Waals surface area contributed by atoms with E-state index in [9.17, 15) is 9.18 Å². The fourth-order valence-corrected chi connectivity index (χ4v) is 7.01. The summed E-state index contributed by atoms with van der Waals surface area (Å²) in [6, 6.07) is 6.75. The number of hydrazone groups is 1. The average molecular weight is 412 g/mol. The van der Waals surface area contributed by atoms with Gasteiger partial charge in [0.25, 0.3) is 5.91 Å². The number of halogens is 1. The Morgan fingerprint density at radius 1 is 1.13 bits per heavy atom. The van der Waals surface area contributed by atoms with Crippen molar-refractivity contribution >= 4 is 11.6 Å². The van der Waals surface area contributed by atoms with Crippen molar-refractivity contribution in [1.29, 1.82) is 0 Å². The van der Waals surface area contributed by atoms with Gasteiger partial charge in [-0.2, -0.15) is 5.10 Å². The summed E-state index contributed by atoms with van der Waals surface area (Å²) < 4.78 is 14.5. The maximum Gasteiger partial charge on any atom is 0.267 e. The molecular formula is C25H34FN3O. The fraction of sp³-hybridized carbons (Fsp3) is 0.680. The Balaban J connectivity index is 1.32. The number of hydrogen-bond donors (Lipinski definition) is 1. The quantitative estimate of drug-likeness (QED) is 0.627. The smallest absolute Gasteiger partial charge is 0.267 e. The molecule has 5 aliphatic rings. The number of nitrogens with one attached hydrogen (secondary N) is 1. The number of hydrogen-bond acceptors (Lipinski definition) is 3. The number of unbranched alkanes of at least 4 members (excludes halogenated alkanes) is 2. The molecule has 1 atom stereocenters. The second kappa shape index (κ2) is 7.97. The van der Waals surface area contributed by atoms with Crippen LogP contribution in [0.25, 0.3) is 0 Å². The zero-order valence-corrected chi connectivity index (χ0v) is 18.1. The number of amides is 1. The molecular weight excluding hydrogens is 377 g/mol. The molecule has 0 radical (unpaired) electrons. The predicted molar refractivity (Wildman–Crippen MR) is 116 cm³/mol.